The molecule has 3 aliphatic heterocycles. The lowest BCUT2D eigenvalue weighted by Gasteiger charge is -2.38. The second-order valence-corrected chi connectivity index (χ2v) is 7.89. The molecule has 2 aromatic carbocycles. The summed E-state index contributed by atoms with van der Waals surface area (Å²) in [6.45, 7) is 5.27. The quantitative estimate of drug-likeness (QED) is 0.809. The highest BCUT2D eigenvalue weighted by molar-refractivity contribution is 6.13. The number of nitrogens with zero attached hydrogens (tertiary/aromatic N) is 2. The third-order valence-electron chi connectivity index (χ3n) is 6.10. The van der Waals surface area contributed by atoms with E-state index in [1.807, 2.05) is 37.3 Å². The summed E-state index contributed by atoms with van der Waals surface area (Å²) < 4.78 is 11.6. The number of rotatable bonds is 3. The van der Waals surface area contributed by atoms with E-state index in [4.69, 9.17) is 9.47 Å². The molecule has 6 heteroatoms. The zero-order valence-electron chi connectivity index (χ0n) is 16.6. The maximum Gasteiger partial charge on any atom is 0.237 e. The Hall–Kier alpha value is -2.70. The normalized spacial score (nSPS) is 23.0. The van der Waals surface area contributed by atoms with E-state index in [9.17, 15) is 4.79 Å². The molecule has 5 rings (SSSR count). The van der Waals surface area contributed by atoms with Gasteiger partial charge in [-0.2, -0.15) is 0 Å². The van der Waals surface area contributed by atoms with Crippen molar-refractivity contribution in [3.05, 3.63) is 53.6 Å². The Kier molecular flexibility index (Phi) is 4.60. The van der Waals surface area contributed by atoms with E-state index in [-0.39, 0.29) is 17.6 Å². The van der Waals surface area contributed by atoms with Gasteiger partial charge in [-0.3, -0.25) is 9.79 Å². The molecule has 2 aromatic rings. The fourth-order valence-electron chi connectivity index (χ4n) is 4.49. The van der Waals surface area contributed by atoms with Gasteiger partial charge in [0.1, 0.15) is 5.92 Å². The fraction of sp³-hybridized carbons (Fsp3) is 0.391. The first kappa shape index (κ1) is 18.3. The highest BCUT2D eigenvalue weighted by atomic mass is 16.7. The first-order valence-corrected chi connectivity index (χ1v) is 10.2. The highest BCUT2D eigenvalue weighted by Gasteiger charge is 2.39. The first-order chi connectivity index (χ1) is 14.1. The van der Waals surface area contributed by atoms with Crippen LogP contribution in [0.4, 0.5) is 17.1 Å². The van der Waals surface area contributed by atoms with Crippen molar-refractivity contribution < 1.29 is 14.3 Å². The number of hydrogen-bond donors (Lipinski definition) is 1. The Morgan fingerprint density at radius 3 is 2.55 bits per heavy atom. The van der Waals surface area contributed by atoms with Crippen LogP contribution in [-0.4, -0.2) is 44.2 Å². The standard InChI is InChI=1S/C23H25N3O3/c1-16-3-2-4-20-21(16)19(22(27)25-20)15-24-17-5-7-18(8-6-17)26-11-9-23(10-12-26)28-13-14-29-23/h2-8,15,19H,9-14H2,1H3,(H,25,27). The predicted molar refractivity (Wildman–Crippen MR) is 113 cm³/mol. The molecule has 2 saturated heterocycles. The lowest BCUT2D eigenvalue weighted by atomic mass is 9.97. The molecule has 29 heavy (non-hydrogen) atoms. The van der Waals surface area contributed by atoms with Crippen LogP contribution in [0.1, 0.15) is 29.9 Å². The Morgan fingerprint density at radius 2 is 1.83 bits per heavy atom. The van der Waals surface area contributed by atoms with Gasteiger partial charge in [0.2, 0.25) is 5.91 Å². The van der Waals surface area contributed by atoms with Crippen molar-refractivity contribution >= 4 is 29.2 Å². The average Bonchev–Trinajstić information content (AvgIpc) is 3.32. The second kappa shape index (κ2) is 7.28. The van der Waals surface area contributed by atoms with Crippen LogP contribution in [0.2, 0.25) is 0 Å². The molecule has 1 atom stereocenters. The first-order valence-electron chi connectivity index (χ1n) is 10.2. The molecular weight excluding hydrogens is 366 g/mol. The fourth-order valence-corrected chi connectivity index (χ4v) is 4.49. The van der Waals surface area contributed by atoms with E-state index >= 15 is 0 Å². The largest absolute Gasteiger partial charge is 0.371 e. The van der Waals surface area contributed by atoms with Gasteiger partial charge in [0, 0.05) is 43.5 Å². The Labute approximate surface area is 170 Å². The van der Waals surface area contributed by atoms with Gasteiger partial charge in [0.25, 0.3) is 0 Å². The van der Waals surface area contributed by atoms with Crippen molar-refractivity contribution in [2.24, 2.45) is 4.99 Å². The summed E-state index contributed by atoms with van der Waals surface area (Å²) in [6, 6.07) is 14.1. The minimum Gasteiger partial charge on any atom is -0.371 e. The van der Waals surface area contributed by atoms with E-state index < -0.39 is 0 Å². The lowest BCUT2D eigenvalue weighted by molar-refractivity contribution is -0.169. The molecule has 3 aliphatic rings. The number of aryl methyl sites for hydroxylation is 1. The number of carbonyl (C=O) groups is 1. The lowest BCUT2D eigenvalue weighted by Crippen LogP contribution is -2.45. The molecule has 2 fully saturated rings. The van der Waals surface area contributed by atoms with Gasteiger partial charge in [0.05, 0.1) is 18.9 Å². The summed E-state index contributed by atoms with van der Waals surface area (Å²) in [4.78, 5) is 19.3. The Morgan fingerprint density at radius 1 is 1.10 bits per heavy atom. The number of hydrogen-bond acceptors (Lipinski definition) is 5. The summed E-state index contributed by atoms with van der Waals surface area (Å²) in [7, 11) is 0. The molecule has 1 unspecified atom stereocenters. The number of amides is 1. The van der Waals surface area contributed by atoms with Crippen molar-refractivity contribution in [2.75, 3.05) is 36.5 Å². The van der Waals surface area contributed by atoms with Crippen LogP contribution in [0.3, 0.4) is 0 Å². The van der Waals surface area contributed by atoms with Gasteiger partial charge >= 0.3 is 0 Å². The van der Waals surface area contributed by atoms with Crippen LogP contribution in [0.5, 0.6) is 0 Å². The third kappa shape index (κ3) is 3.43. The van der Waals surface area contributed by atoms with Gasteiger partial charge < -0.3 is 19.7 Å². The number of piperidine rings is 1. The Balaban J connectivity index is 1.26. The summed E-state index contributed by atoms with van der Waals surface area (Å²) in [5, 5.41) is 2.94. The van der Waals surface area contributed by atoms with Crippen LogP contribution >= 0.6 is 0 Å². The summed E-state index contributed by atoms with van der Waals surface area (Å²) >= 11 is 0. The van der Waals surface area contributed by atoms with Crippen molar-refractivity contribution in [3.8, 4) is 0 Å². The molecule has 1 spiro atoms. The number of aliphatic imine (C=N–C) groups is 1. The number of fused-ring (bicyclic) bond motifs is 1. The van der Waals surface area contributed by atoms with Crippen molar-refractivity contribution in [3.63, 3.8) is 0 Å². The van der Waals surface area contributed by atoms with E-state index in [2.05, 4.69) is 27.3 Å². The van der Waals surface area contributed by atoms with Crippen LogP contribution in [0, 0.1) is 6.92 Å². The van der Waals surface area contributed by atoms with Crippen molar-refractivity contribution in [1.82, 2.24) is 0 Å². The minimum atomic E-state index is -0.350. The minimum absolute atomic E-state index is 0.0201. The summed E-state index contributed by atoms with van der Waals surface area (Å²) in [6.07, 6.45) is 3.54. The van der Waals surface area contributed by atoms with Gasteiger partial charge in [-0.25, -0.2) is 0 Å². The number of nitrogens with one attached hydrogen (secondary N) is 1. The maximum atomic E-state index is 12.3. The molecule has 0 saturated carbocycles. The van der Waals surface area contributed by atoms with Gasteiger partial charge in [-0.05, 0) is 48.4 Å². The van der Waals surface area contributed by atoms with Crippen LogP contribution in [0.25, 0.3) is 0 Å². The number of ether oxygens (including phenoxy) is 2. The molecule has 0 radical (unpaired) electrons. The highest BCUT2D eigenvalue weighted by Crippen LogP contribution is 2.35. The molecule has 150 valence electrons. The van der Waals surface area contributed by atoms with E-state index in [1.165, 1.54) is 5.69 Å². The van der Waals surface area contributed by atoms with E-state index in [1.54, 1.807) is 6.21 Å². The average molecular weight is 391 g/mol. The second-order valence-electron chi connectivity index (χ2n) is 7.89. The zero-order valence-corrected chi connectivity index (χ0v) is 16.6. The maximum absolute atomic E-state index is 12.3. The van der Waals surface area contributed by atoms with Gasteiger partial charge in [-0.1, -0.05) is 12.1 Å². The number of carbonyl (C=O) groups excluding carboxylic acids is 1. The monoisotopic (exact) mass is 391 g/mol. The zero-order chi connectivity index (χ0) is 19.8. The van der Waals surface area contributed by atoms with Gasteiger partial charge in [-0.15, -0.1) is 0 Å². The molecule has 1 N–H and O–H groups in total. The smallest absolute Gasteiger partial charge is 0.237 e. The topological polar surface area (TPSA) is 63.2 Å². The molecular formula is C23H25N3O3. The molecule has 0 aromatic heterocycles. The number of anilines is 2. The molecule has 0 bridgehead atoms. The molecule has 3 heterocycles. The summed E-state index contributed by atoms with van der Waals surface area (Å²) in [5.41, 5.74) is 5.04. The molecule has 6 nitrogen and oxygen atoms in total. The van der Waals surface area contributed by atoms with Crippen molar-refractivity contribution in [2.45, 2.75) is 31.5 Å². The van der Waals surface area contributed by atoms with Gasteiger partial charge in [0.15, 0.2) is 5.79 Å². The predicted octanol–water partition coefficient (Wildman–Crippen LogP) is 3.78. The van der Waals surface area contributed by atoms with Crippen LogP contribution in [0.15, 0.2) is 47.5 Å². The van der Waals surface area contributed by atoms with Crippen LogP contribution < -0.4 is 10.2 Å². The third-order valence-corrected chi connectivity index (χ3v) is 6.10. The van der Waals surface area contributed by atoms with E-state index in [0.717, 1.165) is 48.4 Å². The molecule has 1 amide bonds. The van der Waals surface area contributed by atoms with Crippen molar-refractivity contribution in [1.29, 1.82) is 0 Å². The molecule has 0 aliphatic carbocycles. The van der Waals surface area contributed by atoms with E-state index in [0.29, 0.717) is 13.2 Å². The Bertz CT molecular complexity index is 938. The van der Waals surface area contributed by atoms with Crippen LogP contribution in [-0.2, 0) is 14.3 Å². The SMILES string of the molecule is Cc1cccc2c1C(C=Nc1ccc(N3CCC4(CC3)OCCO4)cc1)C(=O)N2. The number of benzene rings is 2. The summed E-state index contributed by atoms with van der Waals surface area (Å²) in [5.74, 6) is -0.708.